The van der Waals surface area contributed by atoms with Crippen molar-refractivity contribution in [2.45, 2.75) is 6.23 Å². The summed E-state index contributed by atoms with van der Waals surface area (Å²) in [4.78, 5) is 21.2. The van der Waals surface area contributed by atoms with E-state index in [1.807, 2.05) is 36.4 Å². The molecule has 180 valence electrons. The van der Waals surface area contributed by atoms with Crippen molar-refractivity contribution in [1.29, 1.82) is 0 Å². The Morgan fingerprint density at radius 3 is 2.47 bits per heavy atom. The number of aliphatic hydroxyl groups excluding tert-OH is 1. The molecule has 0 saturated carbocycles. The summed E-state index contributed by atoms with van der Waals surface area (Å²) < 4.78 is 5.25. The number of ether oxygens (including phenoxy) is 1. The smallest absolute Gasteiger partial charge is 0.324 e. The molecule has 0 fully saturated rings. The zero-order chi connectivity index (χ0) is 25.3. The molecule has 0 saturated heterocycles. The van der Waals surface area contributed by atoms with Crippen LogP contribution in [0.2, 0.25) is 0 Å². The van der Waals surface area contributed by atoms with Crippen molar-refractivity contribution in [3.8, 4) is 28.8 Å². The van der Waals surface area contributed by atoms with E-state index in [9.17, 15) is 15.1 Å². The molecule has 0 spiro atoms. The highest BCUT2D eigenvalue weighted by atomic mass is 16.5. The molecule has 0 radical (unpaired) electrons. The molecule has 2 amide bonds. The van der Waals surface area contributed by atoms with Crippen LogP contribution in [0.25, 0.3) is 11.3 Å². The maximum Gasteiger partial charge on any atom is 0.324 e. The van der Waals surface area contributed by atoms with Crippen molar-refractivity contribution in [2.75, 3.05) is 17.7 Å². The van der Waals surface area contributed by atoms with Gasteiger partial charge < -0.3 is 20.4 Å². The quantitative estimate of drug-likeness (QED) is 0.159. The van der Waals surface area contributed by atoms with Crippen LogP contribution in [0.15, 0.2) is 85.2 Å². The molecule has 9 nitrogen and oxygen atoms in total. The summed E-state index contributed by atoms with van der Waals surface area (Å²) >= 11 is 0. The molecule has 5 N–H and O–H groups in total. The lowest BCUT2D eigenvalue weighted by Crippen LogP contribution is -2.21. The monoisotopic (exact) mass is 481 g/mol. The first kappa shape index (κ1) is 24.4. The Morgan fingerprint density at radius 1 is 0.972 bits per heavy atom. The van der Waals surface area contributed by atoms with Crippen molar-refractivity contribution in [1.82, 2.24) is 15.4 Å². The fraction of sp³-hybridized carbons (Fsp3) is 0.0741. The minimum absolute atomic E-state index is 0.171. The lowest BCUT2D eigenvalue weighted by atomic mass is 10.1. The van der Waals surface area contributed by atoms with E-state index in [-0.39, 0.29) is 5.82 Å². The van der Waals surface area contributed by atoms with Gasteiger partial charge in [-0.05, 0) is 48.5 Å². The zero-order valence-corrected chi connectivity index (χ0v) is 19.3. The fourth-order valence-electron chi connectivity index (χ4n) is 3.32. The van der Waals surface area contributed by atoms with Crippen LogP contribution < -0.4 is 20.9 Å². The number of benzene rings is 2. The first-order valence-corrected chi connectivity index (χ1v) is 10.9. The standard InChI is InChI=1S/C27H23N5O4/c1-36-24-7-3-2-6-22(24)30-27(34)31-25-16-21(26(33)32-35)15-23(29-25)20-12-10-18(11-13-20)8-9-19-5-4-14-28-17-19/h2-7,10-17,26,32-33,35H,1H3,(H2,29,30,31,34). The summed E-state index contributed by atoms with van der Waals surface area (Å²) in [6.07, 6.45) is 2.00. The number of hydrogen-bond acceptors (Lipinski definition) is 7. The molecule has 0 bridgehead atoms. The predicted molar refractivity (Wildman–Crippen MR) is 135 cm³/mol. The van der Waals surface area contributed by atoms with Crippen molar-refractivity contribution >= 4 is 17.5 Å². The summed E-state index contributed by atoms with van der Waals surface area (Å²) in [7, 11) is 1.51. The van der Waals surface area contributed by atoms with Crippen LogP contribution in [-0.4, -0.2) is 33.4 Å². The molecule has 4 rings (SSSR count). The Morgan fingerprint density at radius 2 is 1.75 bits per heavy atom. The molecule has 1 unspecified atom stereocenters. The fourth-order valence-corrected chi connectivity index (χ4v) is 3.32. The molecule has 36 heavy (non-hydrogen) atoms. The molecule has 0 aliphatic heterocycles. The predicted octanol–water partition coefficient (Wildman–Crippen LogP) is 4.17. The van der Waals surface area contributed by atoms with Gasteiger partial charge in [-0.2, -0.15) is 5.48 Å². The summed E-state index contributed by atoms with van der Waals surface area (Å²) in [5.74, 6) is 6.80. The van der Waals surface area contributed by atoms with Gasteiger partial charge in [-0.15, -0.1) is 0 Å². The molecule has 2 heterocycles. The Kier molecular flexibility index (Phi) is 7.85. The van der Waals surface area contributed by atoms with Crippen LogP contribution in [0.5, 0.6) is 5.75 Å². The van der Waals surface area contributed by atoms with Gasteiger partial charge in [0.1, 0.15) is 11.6 Å². The number of nitrogens with zero attached hydrogens (tertiary/aromatic N) is 2. The van der Waals surface area contributed by atoms with Crippen LogP contribution in [0.4, 0.5) is 16.3 Å². The maximum atomic E-state index is 12.6. The third-order valence-electron chi connectivity index (χ3n) is 5.08. The van der Waals surface area contributed by atoms with E-state index in [1.54, 1.807) is 48.2 Å². The van der Waals surface area contributed by atoms with Gasteiger partial charge in [0.05, 0.1) is 18.5 Å². The van der Waals surface area contributed by atoms with Crippen LogP contribution >= 0.6 is 0 Å². The van der Waals surface area contributed by atoms with Gasteiger partial charge in [-0.1, -0.05) is 36.1 Å². The number of hydroxylamine groups is 1. The van der Waals surface area contributed by atoms with E-state index >= 15 is 0 Å². The van der Waals surface area contributed by atoms with Crippen LogP contribution in [0.1, 0.15) is 22.9 Å². The van der Waals surface area contributed by atoms with Gasteiger partial charge in [0.2, 0.25) is 0 Å². The summed E-state index contributed by atoms with van der Waals surface area (Å²) in [5.41, 5.74) is 5.38. The number of amides is 2. The van der Waals surface area contributed by atoms with Gasteiger partial charge in [-0.3, -0.25) is 10.3 Å². The van der Waals surface area contributed by atoms with E-state index < -0.39 is 12.3 Å². The van der Waals surface area contributed by atoms with Gasteiger partial charge in [-0.25, -0.2) is 9.78 Å². The third-order valence-corrected chi connectivity index (χ3v) is 5.08. The van der Waals surface area contributed by atoms with E-state index in [0.29, 0.717) is 22.7 Å². The minimum Gasteiger partial charge on any atom is -0.495 e. The second-order valence-corrected chi connectivity index (χ2v) is 7.55. The summed E-state index contributed by atoms with van der Waals surface area (Å²) in [6.45, 7) is 0. The highest BCUT2D eigenvalue weighted by Crippen LogP contribution is 2.26. The zero-order valence-electron chi connectivity index (χ0n) is 19.3. The third kappa shape index (κ3) is 6.22. The van der Waals surface area contributed by atoms with Gasteiger partial charge in [0.15, 0.2) is 6.23 Å². The van der Waals surface area contributed by atoms with E-state index in [1.165, 1.54) is 13.2 Å². The van der Waals surface area contributed by atoms with Crippen LogP contribution in [0.3, 0.4) is 0 Å². The molecule has 0 aliphatic rings. The van der Waals surface area contributed by atoms with Crippen molar-refractivity contribution in [2.24, 2.45) is 0 Å². The highest BCUT2D eigenvalue weighted by molar-refractivity contribution is 6.00. The number of aliphatic hydroxyl groups is 1. The van der Waals surface area contributed by atoms with Gasteiger partial charge in [0.25, 0.3) is 0 Å². The Bertz CT molecular complexity index is 1400. The number of methoxy groups -OCH3 is 1. The number of carbonyl (C=O) groups is 1. The highest BCUT2D eigenvalue weighted by Gasteiger charge is 2.14. The van der Waals surface area contributed by atoms with Crippen molar-refractivity contribution in [3.63, 3.8) is 0 Å². The maximum absolute atomic E-state index is 12.6. The Balaban J connectivity index is 1.57. The summed E-state index contributed by atoms with van der Waals surface area (Å²) in [5, 5.41) is 24.7. The summed E-state index contributed by atoms with van der Waals surface area (Å²) in [6, 6.07) is 20.5. The lowest BCUT2D eigenvalue weighted by Gasteiger charge is -2.14. The number of para-hydroxylation sites is 2. The normalized spacial score (nSPS) is 11.1. The van der Waals surface area contributed by atoms with Gasteiger partial charge >= 0.3 is 6.03 Å². The number of rotatable bonds is 6. The molecule has 9 heteroatoms. The number of pyridine rings is 2. The average molecular weight is 482 g/mol. The van der Waals surface area contributed by atoms with E-state index in [2.05, 4.69) is 32.4 Å². The topological polar surface area (TPSA) is 129 Å². The first-order chi connectivity index (χ1) is 17.6. The second-order valence-electron chi connectivity index (χ2n) is 7.55. The Labute approximate surface area is 207 Å². The molecular formula is C27H23N5O4. The molecule has 4 aromatic rings. The first-order valence-electron chi connectivity index (χ1n) is 10.9. The molecular weight excluding hydrogens is 458 g/mol. The SMILES string of the molecule is COc1ccccc1NC(=O)Nc1cc(C(O)NO)cc(-c2ccc(C#Cc3cccnc3)cc2)n1. The molecule has 0 aliphatic carbocycles. The number of urea groups is 1. The number of anilines is 2. The van der Waals surface area contributed by atoms with Crippen LogP contribution in [0, 0.1) is 11.8 Å². The molecule has 2 aromatic heterocycles. The number of hydrogen-bond donors (Lipinski definition) is 5. The molecule has 1 atom stereocenters. The number of aromatic nitrogens is 2. The van der Waals surface area contributed by atoms with Crippen LogP contribution in [-0.2, 0) is 0 Å². The Hall–Kier alpha value is -4.75. The van der Waals surface area contributed by atoms with Gasteiger partial charge in [0, 0.05) is 34.6 Å². The average Bonchev–Trinajstić information content (AvgIpc) is 2.92. The van der Waals surface area contributed by atoms with E-state index in [0.717, 1.165) is 16.7 Å². The second kappa shape index (κ2) is 11.6. The number of nitrogens with one attached hydrogen (secondary N) is 3. The largest absolute Gasteiger partial charge is 0.495 e. The number of carbonyl (C=O) groups excluding carboxylic acids is 1. The van der Waals surface area contributed by atoms with E-state index in [4.69, 9.17) is 4.74 Å². The van der Waals surface area contributed by atoms with Crippen molar-refractivity contribution in [3.05, 3.63) is 102 Å². The molecule has 2 aromatic carbocycles. The van der Waals surface area contributed by atoms with Crippen molar-refractivity contribution < 1.29 is 19.8 Å². The lowest BCUT2D eigenvalue weighted by molar-refractivity contribution is 0.000720. The minimum atomic E-state index is -1.38.